The predicted octanol–water partition coefficient (Wildman–Crippen LogP) is 3.97. The van der Waals surface area contributed by atoms with E-state index < -0.39 is 10.0 Å². The Labute approximate surface area is 138 Å². The molecule has 23 heavy (non-hydrogen) atoms. The number of nitrogens with one attached hydrogen (secondary N) is 2. The van der Waals surface area contributed by atoms with Gasteiger partial charge in [-0.25, -0.2) is 8.42 Å². The number of benzene rings is 2. The smallest absolute Gasteiger partial charge is 0.261 e. The fraction of sp³-hybridized carbons (Fsp3) is 0.333. The molecule has 4 nitrogen and oxygen atoms in total. The lowest BCUT2D eigenvalue weighted by Crippen LogP contribution is -2.13. The van der Waals surface area contributed by atoms with Gasteiger partial charge in [0, 0.05) is 17.4 Å². The second kappa shape index (κ2) is 5.89. The standard InChI is InChI=1S/C18H22N2O2S/c1-12(2)14-4-6-16(7-5-14)20-23(21,22)17-8-9-18-15(11-17)10-13(3)19-18/h4-9,11-13,19-20H,10H2,1-3H3. The molecular weight excluding hydrogens is 308 g/mol. The Morgan fingerprint density at radius 2 is 1.83 bits per heavy atom. The van der Waals surface area contributed by atoms with E-state index in [0.717, 1.165) is 17.7 Å². The molecule has 0 fully saturated rings. The van der Waals surface area contributed by atoms with Crippen LogP contribution in [-0.2, 0) is 16.4 Å². The Balaban J connectivity index is 1.83. The van der Waals surface area contributed by atoms with Crippen LogP contribution in [0.4, 0.5) is 11.4 Å². The molecule has 1 atom stereocenters. The lowest BCUT2D eigenvalue weighted by molar-refractivity contribution is 0.601. The van der Waals surface area contributed by atoms with E-state index in [0.29, 0.717) is 22.5 Å². The summed E-state index contributed by atoms with van der Waals surface area (Å²) in [5, 5.41) is 3.33. The van der Waals surface area contributed by atoms with Crippen LogP contribution >= 0.6 is 0 Å². The van der Waals surface area contributed by atoms with Crippen molar-refractivity contribution >= 4 is 21.4 Å². The zero-order chi connectivity index (χ0) is 16.6. The van der Waals surface area contributed by atoms with Gasteiger partial charge < -0.3 is 5.32 Å². The molecule has 1 heterocycles. The monoisotopic (exact) mass is 330 g/mol. The van der Waals surface area contributed by atoms with Crippen LogP contribution in [0.2, 0.25) is 0 Å². The Hall–Kier alpha value is -2.01. The summed E-state index contributed by atoms with van der Waals surface area (Å²) in [6, 6.07) is 13.1. The molecule has 2 N–H and O–H groups in total. The molecule has 0 amide bonds. The van der Waals surface area contributed by atoms with Gasteiger partial charge in [-0.05, 0) is 60.7 Å². The van der Waals surface area contributed by atoms with Gasteiger partial charge in [0.2, 0.25) is 0 Å². The third kappa shape index (κ3) is 3.34. The Kier molecular flexibility index (Phi) is 4.06. The van der Waals surface area contributed by atoms with Crippen LogP contribution in [-0.4, -0.2) is 14.5 Å². The Morgan fingerprint density at radius 1 is 1.13 bits per heavy atom. The largest absolute Gasteiger partial charge is 0.382 e. The second-order valence-electron chi connectivity index (χ2n) is 6.45. The van der Waals surface area contributed by atoms with E-state index >= 15 is 0 Å². The highest BCUT2D eigenvalue weighted by atomic mass is 32.2. The highest BCUT2D eigenvalue weighted by molar-refractivity contribution is 7.92. The first-order valence-corrected chi connectivity index (χ1v) is 9.36. The molecule has 0 aliphatic carbocycles. The van der Waals surface area contributed by atoms with Crippen molar-refractivity contribution in [3.05, 3.63) is 53.6 Å². The van der Waals surface area contributed by atoms with Crippen LogP contribution in [0.3, 0.4) is 0 Å². The van der Waals surface area contributed by atoms with E-state index in [2.05, 4.69) is 30.8 Å². The summed E-state index contributed by atoms with van der Waals surface area (Å²) < 4.78 is 27.8. The molecule has 0 radical (unpaired) electrons. The zero-order valence-corrected chi connectivity index (χ0v) is 14.4. The molecule has 1 aliphatic heterocycles. The third-order valence-corrected chi connectivity index (χ3v) is 5.52. The van der Waals surface area contributed by atoms with Gasteiger partial charge >= 0.3 is 0 Å². The molecule has 2 aromatic carbocycles. The number of rotatable bonds is 4. The number of fused-ring (bicyclic) bond motifs is 1. The minimum Gasteiger partial charge on any atom is -0.382 e. The van der Waals surface area contributed by atoms with Crippen molar-refractivity contribution in [1.29, 1.82) is 0 Å². The second-order valence-corrected chi connectivity index (χ2v) is 8.13. The van der Waals surface area contributed by atoms with Gasteiger partial charge in [-0.1, -0.05) is 26.0 Å². The van der Waals surface area contributed by atoms with Gasteiger partial charge in [-0.2, -0.15) is 0 Å². The van der Waals surface area contributed by atoms with E-state index in [-0.39, 0.29) is 0 Å². The average Bonchev–Trinajstić information content (AvgIpc) is 2.86. The zero-order valence-electron chi connectivity index (χ0n) is 13.6. The maximum Gasteiger partial charge on any atom is 0.261 e. The lowest BCUT2D eigenvalue weighted by Gasteiger charge is -2.11. The van der Waals surface area contributed by atoms with Crippen LogP contribution in [0.25, 0.3) is 0 Å². The first kappa shape index (κ1) is 15.9. The lowest BCUT2D eigenvalue weighted by atomic mass is 10.0. The van der Waals surface area contributed by atoms with Crippen LogP contribution in [0.15, 0.2) is 47.4 Å². The normalized spacial score (nSPS) is 17.0. The average molecular weight is 330 g/mol. The van der Waals surface area contributed by atoms with Gasteiger partial charge in [0.1, 0.15) is 0 Å². The molecule has 0 bridgehead atoms. The summed E-state index contributed by atoms with van der Waals surface area (Å²) in [5.74, 6) is 0.423. The van der Waals surface area contributed by atoms with Crippen molar-refractivity contribution in [2.75, 3.05) is 10.0 Å². The highest BCUT2D eigenvalue weighted by Crippen LogP contribution is 2.29. The van der Waals surface area contributed by atoms with E-state index in [4.69, 9.17) is 0 Å². The molecule has 0 saturated heterocycles. The van der Waals surface area contributed by atoms with E-state index in [1.807, 2.05) is 30.3 Å². The van der Waals surface area contributed by atoms with Crippen molar-refractivity contribution in [2.45, 2.75) is 44.0 Å². The van der Waals surface area contributed by atoms with Crippen molar-refractivity contribution in [3.63, 3.8) is 0 Å². The molecule has 0 saturated carbocycles. The first-order chi connectivity index (χ1) is 10.8. The number of hydrogen-bond donors (Lipinski definition) is 2. The van der Waals surface area contributed by atoms with Gasteiger partial charge in [0.25, 0.3) is 10.0 Å². The highest BCUT2D eigenvalue weighted by Gasteiger charge is 2.21. The molecule has 0 aromatic heterocycles. The summed E-state index contributed by atoms with van der Waals surface area (Å²) in [4.78, 5) is 0.306. The van der Waals surface area contributed by atoms with Crippen LogP contribution < -0.4 is 10.0 Å². The molecule has 1 unspecified atom stereocenters. The van der Waals surface area contributed by atoms with Gasteiger partial charge in [-0.15, -0.1) is 0 Å². The van der Waals surface area contributed by atoms with E-state index in [9.17, 15) is 8.42 Å². The van der Waals surface area contributed by atoms with Crippen molar-refractivity contribution < 1.29 is 8.42 Å². The van der Waals surface area contributed by atoms with E-state index in [1.54, 1.807) is 12.1 Å². The number of anilines is 2. The number of sulfonamides is 1. The maximum absolute atomic E-state index is 12.6. The minimum absolute atomic E-state index is 0.306. The molecule has 1 aliphatic rings. The summed E-state index contributed by atoms with van der Waals surface area (Å²) in [5.41, 5.74) is 3.85. The molecule has 0 spiro atoms. The van der Waals surface area contributed by atoms with Crippen molar-refractivity contribution in [3.8, 4) is 0 Å². The minimum atomic E-state index is -3.56. The summed E-state index contributed by atoms with van der Waals surface area (Å²) >= 11 is 0. The molecule has 122 valence electrons. The van der Waals surface area contributed by atoms with Crippen LogP contribution in [0.5, 0.6) is 0 Å². The summed E-state index contributed by atoms with van der Waals surface area (Å²) in [6.07, 6.45) is 0.849. The Morgan fingerprint density at radius 3 is 2.48 bits per heavy atom. The molecule has 2 aromatic rings. The fourth-order valence-electron chi connectivity index (χ4n) is 2.84. The van der Waals surface area contributed by atoms with Crippen molar-refractivity contribution in [1.82, 2.24) is 0 Å². The summed E-state index contributed by atoms with van der Waals surface area (Å²) in [6.45, 7) is 6.31. The van der Waals surface area contributed by atoms with Gasteiger partial charge in [-0.3, -0.25) is 4.72 Å². The topological polar surface area (TPSA) is 58.2 Å². The maximum atomic E-state index is 12.6. The summed E-state index contributed by atoms with van der Waals surface area (Å²) in [7, 11) is -3.56. The predicted molar refractivity (Wildman–Crippen MR) is 94.6 cm³/mol. The van der Waals surface area contributed by atoms with E-state index in [1.165, 1.54) is 5.56 Å². The van der Waals surface area contributed by atoms with Crippen molar-refractivity contribution in [2.24, 2.45) is 0 Å². The number of hydrogen-bond acceptors (Lipinski definition) is 3. The quantitative estimate of drug-likeness (QED) is 0.892. The molecular formula is C18H22N2O2S. The third-order valence-electron chi connectivity index (χ3n) is 4.14. The SMILES string of the molecule is CC1Cc2cc(S(=O)(=O)Nc3ccc(C(C)C)cc3)ccc2N1. The first-order valence-electron chi connectivity index (χ1n) is 7.87. The van der Waals surface area contributed by atoms with Crippen LogP contribution in [0, 0.1) is 0 Å². The fourth-order valence-corrected chi connectivity index (χ4v) is 3.95. The van der Waals surface area contributed by atoms with Gasteiger partial charge in [0.05, 0.1) is 4.90 Å². The van der Waals surface area contributed by atoms with Crippen LogP contribution in [0.1, 0.15) is 37.8 Å². The van der Waals surface area contributed by atoms with Gasteiger partial charge in [0.15, 0.2) is 0 Å². The Bertz CT molecular complexity index is 811. The molecule has 3 rings (SSSR count). The molecule has 5 heteroatoms.